The highest BCUT2D eigenvalue weighted by Gasteiger charge is 2.23. The Morgan fingerprint density at radius 3 is 3.08 bits per heavy atom. The summed E-state index contributed by atoms with van der Waals surface area (Å²) in [5, 5.41) is 0.569. The monoisotopic (exact) mass is 203 g/mol. The molecular formula is C9H17NO2S. The third-order valence-corrected chi connectivity index (χ3v) is 3.55. The number of carbonyl (C=O) groups excluding carboxylic acids is 1. The van der Waals surface area contributed by atoms with Gasteiger partial charge in [-0.1, -0.05) is 0 Å². The lowest BCUT2D eigenvalue weighted by Crippen LogP contribution is -2.34. The number of thioether (sulfide) groups is 1. The van der Waals surface area contributed by atoms with Crippen molar-refractivity contribution in [3.05, 3.63) is 0 Å². The summed E-state index contributed by atoms with van der Waals surface area (Å²) in [4.78, 5) is 11.2. The van der Waals surface area contributed by atoms with Crippen molar-refractivity contribution in [3.63, 3.8) is 0 Å². The van der Waals surface area contributed by atoms with E-state index >= 15 is 0 Å². The molecule has 2 N–H and O–H groups in total. The zero-order valence-corrected chi connectivity index (χ0v) is 8.81. The Kier molecular flexibility index (Phi) is 4.59. The highest BCUT2D eigenvalue weighted by Crippen LogP contribution is 2.29. The van der Waals surface area contributed by atoms with Crippen LogP contribution < -0.4 is 5.73 Å². The molecule has 1 fully saturated rings. The molecular weight excluding hydrogens is 186 g/mol. The summed E-state index contributed by atoms with van der Waals surface area (Å²) in [5.41, 5.74) is 5.70. The summed E-state index contributed by atoms with van der Waals surface area (Å²) in [6, 6.07) is -0.421. The van der Waals surface area contributed by atoms with Gasteiger partial charge >= 0.3 is 5.97 Å². The first-order valence-electron chi connectivity index (χ1n) is 4.78. The molecule has 3 nitrogen and oxygen atoms in total. The Balaban J connectivity index is 2.22. The predicted molar refractivity (Wildman–Crippen MR) is 54.7 cm³/mol. The molecule has 0 spiro atoms. The van der Waals surface area contributed by atoms with Crippen molar-refractivity contribution < 1.29 is 9.53 Å². The molecule has 13 heavy (non-hydrogen) atoms. The zero-order chi connectivity index (χ0) is 9.68. The third-order valence-electron chi connectivity index (χ3n) is 2.13. The Bertz CT molecular complexity index is 169. The third kappa shape index (κ3) is 3.56. The van der Waals surface area contributed by atoms with E-state index in [1.807, 2.05) is 11.8 Å². The molecule has 0 aromatic rings. The molecule has 76 valence electrons. The summed E-state index contributed by atoms with van der Waals surface area (Å²) < 4.78 is 4.84. The van der Waals surface area contributed by atoms with E-state index in [4.69, 9.17) is 10.5 Å². The highest BCUT2D eigenvalue weighted by atomic mass is 32.2. The lowest BCUT2D eigenvalue weighted by Gasteiger charge is -2.14. The van der Waals surface area contributed by atoms with Gasteiger partial charge < -0.3 is 10.5 Å². The highest BCUT2D eigenvalue weighted by molar-refractivity contribution is 8.00. The molecule has 0 bridgehead atoms. The largest absolute Gasteiger partial charge is 0.465 e. The Morgan fingerprint density at radius 1 is 1.77 bits per heavy atom. The number of esters is 1. The van der Waals surface area contributed by atoms with Crippen molar-refractivity contribution in [3.8, 4) is 0 Å². The molecule has 0 aromatic carbocycles. The summed E-state index contributed by atoms with van der Waals surface area (Å²) in [5.74, 6) is 0.954. The first-order chi connectivity index (χ1) is 6.24. The van der Waals surface area contributed by atoms with Crippen LogP contribution in [-0.4, -0.2) is 29.6 Å². The van der Waals surface area contributed by atoms with Crippen molar-refractivity contribution >= 4 is 17.7 Å². The Morgan fingerprint density at radius 2 is 2.54 bits per heavy atom. The van der Waals surface area contributed by atoms with Gasteiger partial charge in [-0.15, -0.1) is 0 Å². The number of hydrogen-bond donors (Lipinski definition) is 1. The van der Waals surface area contributed by atoms with Gasteiger partial charge in [0.1, 0.15) is 6.04 Å². The normalized spacial score (nSPS) is 24.3. The number of ether oxygens (including phenoxy) is 1. The molecule has 1 saturated heterocycles. The van der Waals surface area contributed by atoms with E-state index in [0.717, 1.165) is 6.42 Å². The number of hydrogen-bond acceptors (Lipinski definition) is 4. The van der Waals surface area contributed by atoms with Crippen LogP contribution in [0.5, 0.6) is 0 Å². The SMILES string of the molecule is CCOC(=O)C(N)C[C@H]1CCCS1. The van der Waals surface area contributed by atoms with Gasteiger partial charge in [-0.3, -0.25) is 4.79 Å². The first-order valence-corrected chi connectivity index (χ1v) is 5.82. The maximum absolute atomic E-state index is 11.2. The fourth-order valence-corrected chi connectivity index (χ4v) is 2.80. The topological polar surface area (TPSA) is 52.3 Å². The van der Waals surface area contributed by atoms with Gasteiger partial charge in [0.05, 0.1) is 6.61 Å². The van der Waals surface area contributed by atoms with E-state index in [2.05, 4.69) is 0 Å². The van der Waals surface area contributed by atoms with Crippen LogP contribution in [-0.2, 0) is 9.53 Å². The summed E-state index contributed by atoms with van der Waals surface area (Å²) in [6.07, 6.45) is 3.21. The van der Waals surface area contributed by atoms with Crippen molar-refractivity contribution in [2.45, 2.75) is 37.5 Å². The maximum atomic E-state index is 11.2. The van der Waals surface area contributed by atoms with Gasteiger partial charge in [-0.05, 0) is 31.9 Å². The Labute approximate surface area is 83.4 Å². The van der Waals surface area contributed by atoms with Gasteiger partial charge in [0.2, 0.25) is 0 Å². The second kappa shape index (κ2) is 5.50. The number of nitrogens with two attached hydrogens (primary N) is 1. The van der Waals surface area contributed by atoms with Crippen molar-refractivity contribution in [1.82, 2.24) is 0 Å². The van der Waals surface area contributed by atoms with Crippen LogP contribution in [0.1, 0.15) is 26.2 Å². The molecule has 0 aliphatic carbocycles. The van der Waals surface area contributed by atoms with Gasteiger partial charge in [-0.25, -0.2) is 0 Å². The standard InChI is InChI=1S/C9H17NO2S/c1-2-12-9(11)8(10)6-7-4-3-5-13-7/h7-8H,2-6,10H2,1H3/t7-,8?/m1/s1. The quantitative estimate of drug-likeness (QED) is 0.697. The van der Waals surface area contributed by atoms with Crippen LogP contribution in [0.25, 0.3) is 0 Å². The van der Waals surface area contributed by atoms with Gasteiger partial charge in [-0.2, -0.15) is 11.8 Å². The van der Waals surface area contributed by atoms with Crippen LogP contribution in [0.15, 0.2) is 0 Å². The molecule has 0 amide bonds. The zero-order valence-electron chi connectivity index (χ0n) is 7.99. The predicted octanol–water partition coefficient (Wildman–Crippen LogP) is 1.16. The molecule has 0 aromatic heterocycles. The van der Waals surface area contributed by atoms with E-state index in [1.165, 1.54) is 18.6 Å². The van der Waals surface area contributed by atoms with Crippen molar-refractivity contribution in [1.29, 1.82) is 0 Å². The van der Waals surface area contributed by atoms with Gasteiger partial charge in [0.15, 0.2) is 0 Å². The van der Waals surface area contributed by atoms with Crippen LogP contribution in [0.3, 0.4) is 0 Å². The molecule has 4 heteroatoms. The molecule has 2 atom stereocenters. The first kappa shape index (κ1) is 10.9. The molecule has 1 unspecified atom stereocenters. The summed E-state index contributed by atoms with van der Waals surface area (Å²) >= 11 is 1.92. The molecule has 1 rings (SSSR count). The van der Waals surface area contributed by atoms with E-state index in [-0.39, 0.29) is 5.97 Å². The van der Waals surface area contributed by atoms with Crippen LogP contribution >= 0.6 is 11.8 Å². The van der Waals surface area contributed by atoms with Gasteiger partial charge in [0.25, 0.3) is 0 Å². The molecule has 0 radical (unpaired) electrons. The van der Waals surface area contributed by atoms with Crippen LogP contribution in [0.4, 0.5) is 0 Å². The smallest absolute Gasteiger partial charge is 0.322 e. The molecule has 1 aliphatic rings. The lowest BCUT2D eigenvalue weighted by atomic mass is 10.1. The van der Waals surface area contributed by atoms with E-state index in [9.17, 15) is 4.79 Å². The summed E-state index contributed by atoms with van der Waals surface area (Å²) in [6.45, 7) is 2.22. The van der Waals surface area contributed by atoms with Crippen LogP contribution in [0.2, 0.25) is 0 Å². The van der Waals surface area contributed by atoms with Crippen molar-refractivity contribution in [2.75, 3.05) is 12.4 Å². The van der Waals surface area contributed by atoms with Crippen molar-refractivity contribution in [2.24, 2.45) is 5.73 Å². The van der Waals surface area contributed by atoms with Crippen LogP contribution in [0, 0.1) is 0 Å². The van der Waals surface area contributed by atoms with E-state index in [1.54, 1.807) is 6.92 Å². The minimum Gasteiger partial charge on any atom is -0.465 e. The van der Waals surface area contributed by atoms with Gasteiger partial charge in [0, 0.05) is 5.25 Å². The average molecular weight is 203 g/mol. The minimum atomic E-state index is -0.421. The molecule has 0 saturated carbocycles. The lowest BCUT2D eigenvalue weighted by molar-refractivity contribution is -0.144. The molecule has 1 aliphatic heterocycles. The second-order valence-corrected chi connectivity index (χ2v) is 4.64. The van der Waals surface area contributed by atoms with E-state index < -0.39 is 6.04 Å². The average Bonchev–Trinajstić information content (AvgIpc) is 2.57. The second-order valence-electron chi connectivity index (χ2n) is 3.23. The minimum absolute atomic E-state index is 0.255. The summed E-state index contributed by atoms with van der Waals surface area (Å²) in [7, 11) is 0. The Hall–Kier alpha value is -0.220. The number of carbonyl (C=O) groups is 1. The maximum Gasteiger partial charge on any atom is 0.322 e. The molecule has 1 heterocycles. The number of rotatable bonds is 4. The van der Waals surface area contributed by atoms with E-state index in [0.29, 0.717) is 11.9 Å². The fraction of sp³-hybridized carbons (Fsp3) is 0.889. The fourth-order valence-electron chi connectivity index (χ4n) is 1.46.